The van der Waals surface area contributed by atoms with Crippen LogP contribution in [0.1, 0.15) is 24.1 Å². The van der Waals surface area contributed by atoms with Crippen molar-refractivity contribution in [2.24, 2.45) is 0 Å². The number of nitrogens with zero attached hydrogens (tertiary/aromatic N) is 1. The van der Waals surface area contributed by atoms with Gasteiger partial charge in [0.2, 0.25) is 5.91 Å². The predicted molar refractivity (Wildman–Crippen MR) is 82.8 cm³/mol. The molecule has 4 nitrogen and oxygen atoms in total. The first-order valence-corrected chi connectivity index (χ1v) is 6.82. The standard InChI is InChI=1S/C17H17FN2O2/c1-12(14-6-7-16(22-2)15(18)10-14)20-17(21)8-5-13-4-3-9-19-11-13/h3-12H,1-2H3,(H,20,21)/b8-5-/t12-/m1/s1. The van der Waals surface area contributed by atoms with E-state index in [1.54, 1.807) is 43.6 Å². The summed E-state index contributed by atoms with van der Waals surface area (Å²) in [5, 5.41) is 2.78. The Morgan fingerprint density at radius 3 is 2.86 bits per heavy atom. The first kappa shape index (κ1) is 15.7. The number of halogens is 1. The lowest BCUT2D eigenvalue weighted by Gasteiger charge is -2.14. The van der Waals surface area contributed by atoms with Crippen molar-refractivity contribution in [2.45, 2.75) is 13.0 Å². The summed E-state index contributed by atoms with van der Waals surface area (Å²) >= 11 is 0. The Morgan fingerprint density at radius 1 is 1.41 bits per heavy atom. The highest BCUT2D eigenvalue weighted by Crippen LogP contribution is 2.21. The van der Waals surface area contributed by atoms with E-state index in [1.807, 2.05) is 6.07 Å². The molecule has 1 amide bonds. The quantitative estimate of drug-likeness (QED) is 0.863. The highest BCUT2D eigenvalue weighted by atomic mass is 19.1. The molecule has 1 aromatic carbocycles. The summed E-state index contributed by atoms with van der Waals surface area (Å²) in [5.41, 5.74) is 1.50. The number of nitrogens with one attached hydrogen (secondary N) is 1. The Balaban J connectivity index is 1.99. The molecule has 1 heterocycles. The largest absolute Gasteiger partial charge is 0.494 e. The van der Waals surface area contributed by atoms with Crippen LogP contribution in [0.4, 0.5) is 4.39 Å². The van der Waals surface area contributed by atoms with E-state index in [1.165, 1.54) is 19.3 Å². The Hall–Kier alpha value is -2.69. The van der Waals surface area contributed by atoms with Crippen molar-refractivity contribution in [1.82, 2.24) is 10.3 Å². The van der Waals surface area contributed by atoms with E-state index in [0.717, 1.165) is 5.56 Å². The van der Waals surface area contributed by atoms with Crippen molar-refractivity contribution in [1.29, 1.82) is 0 Å². The van der Waals surface area contributed by atoms with E-state index in [9.17, 15) is 9.18 Å². The van der Waals surface area contributed by atoms with Gasteiger partial charge in [0.05, 0.1) is 13.2 Å². The summed E-state index contributed by atoms with van der Waals surface area (Å²) in [6.07, 6.45) is 6.42. The molecular weight excluding hydrogens is 283 g/mol. The second kappa shape index (κ2) is 7.36. The van der Waals surface area contributed by atoms with Gasteiger partial charge in [0, 0.05) is 18.5 Å². The van der Waals surface area contributed by atoms with Gasteiger partial charge in [0.1, 0.15) is 0 Å². The second-order valence-corrected chi connectivity index (χ2v) is 4.74. The molecule has 0 bridgehead atoms. The first-order valence-electron chi connectivity index (χ1n) is 6.82. The van der Waals surface area contributed by atoms with Gasteiger partial charge >= 0.3 is 0 Å². The molecule has 0 aliphatic heterocycles. The molecule has 1 aromatic heterocycles. The number of ether oxygens (including phenoxy) is 1. The zero-order valence-electron chi connectivity index (χ0n) is 12.4. The van der Waals surface area contributed by atoms with Crippen LogP contribution in [0.2, 0.25) is 0 Å². The smallest absolute Gasteiger partial charge is 0.244 e. The maximum atomic E-state index is 13.7. The average Bonchev–Trinajstić information content (AvgIpc) is 2.53. The molecule has 0 unspecified atom stereocenters. The van der Waals surface area contributed by atoms with Gasteiger partial charge in [-0.15, -0.1) is 0 Å². The Kier molecular flexibility index (Phi) is 5.25. The van der Waals surface area contributed by atoms with Crippen LogP contribution in [0.5, 0.6) is 5.75 Å². The van der Waals surface area contributed by atoms with Crippen LogP contribution in [0.25, 0.3) is 6.08 Å². The summed E-state index contributed by atoms with van der Waals surface area (Å²) < 4.78 is 18.5. The van der Waals surface area contributed by atoms with E-state index in [2.05, 4.69) is 10.3 Å². The summed E-state index contributed by atoms with van der Waals surface area (Å²) in [6.45, 7) is 1.79. The van der Waals surface area contributed by atoms with Crippen LogP contribution in [0.3, 0.4) is 0 Å². The third kappa shape index (κ3) is 4.15. The molecule has 114 valence electrons. The molecule has 22 heavy (non-hydrogen) atoms. The van der Waals surface area contributed by atoms with E-state index in [4.69, 9.17) is 4.74 Å². The minimum absolute atomic E-state index is 0.179. The number of amides is 1. The van der Waals surface area contributed by atoms with Gasteiger partial charge in [0.15, 0.2) is 11.6 Å². The Labute approximate surface area is 128 Å². The lowest BCUT2D eigenvalue weighted by Crippen LogP contribution is -2.24. The highest BCUT2D eigenvalue weighted by molar-refractivity contribution is 5.91. The van der Waals surface area contributed by atoms with E-state index >= 15 is 0 Å². The normalized spacial score (nSPS) is 12.1. The van der Waals surface area contributed by atoms with Crippen molar-refractivity contribution < 1.29 is 13.9 Å². The molecule has 2 rings (SSSR count). The number of benzene rings is 1. The molecule has 0 aliphatic rings. The fourth-order valence-corrected chi connectivity index (χ4v) is 1.94. The molecule has 0 saturated heterocycles. The number of hydrogen-bond donors (Lipinski definition) is 1. The zero-order valence-corrected chi connectivity index (χ0v) is 12.4. The molecule has 1 atom stereocenters. The third-order valence-electron chi connectivity index (χ3n) is 3.15. The van der Waals surface area contributed by atoms with Gasteiger partial charge in [0.25, 0.3) is 0 Å². The van der Waals surface area contributed by atoms with Gasteiger partial charge in [-0.05, 0) is 42.3 Å². The molecule has 0 radical (unpaired) electrons. The number of hydrogen-bond acceptors (Lipinski definition) is 3. The minimum atomic E-state index is -0.452. The van der Waals surface area contributed by atoms with Crippen molar-refractivity contribution in [3.8, 4) is 5.75 Å². The van der Waals surface area contributed by atoms with Crippen LogP contribution in [-0.4, -0.2) is 18.0 Å². The third-order valence-corrected chi connectivity index (χ3v) is 3.15. The average molecular weight is 300 g/mol. The highest BCUT2D eigenvalue weighted by Gasteiger charge is 2.10. The zero-order chi connectivity index (χ0) is 15.9. The molecule has 1 N–H and O–H groups in total. The van der Waals surface area contributed by atoms with Crippen LogP contribution < -0.4 is 10.1 Å². The van der Waals surface area contributed by atoms with Gasteiger partial charge in [-0.2, -0.15) is 0 Å². The number of carbonyl (C=O) groups is 1. The van der Waals surface area contributed by atoms with Crippen LogP contribution in [0.15, 0.2) is 48.8 Å². The van der Waals surface area contributed by atoms with Crippen molar-refractivity contribution in [2.75, 3.05) is 7.11 Å². The molecule has 0 saturated carbocycles. The maximum absolute atomic E-state index is 13.7. The number of aromatic nitrogens is 1. The van der Waals surface area contributed by atoms with Gasteiger partial charge in [-0.25, -0.2) is 4.39 Å². The maximum Gasteiger partial charge on any atom is 0.244 e. The predicted octanol–water partition coefficient (Wildman–Crippen LogP) is 3.12. The lowest BCUT2D eigenvalue weighted by atomic mass is 10.1. The molecule has 0 aliphatic carbocycles. The molecule has 2 aromatic rings. The monoisotopic (exact) mass is 300 g/mol. The van der Waals surface area contributed by atoms with Gasteiger partial charge < -0.3 is 10.1 Å². The van der Waals surface area contributed by atoms with Crippen molar-refractivity contribution in [3.05, 3.63) is 65.7 Å². The molecule has 0 spiro atoms. The number of pyridine rings is 1. The number of carbonyl (C=O) groups excluding carboxylic acids is 1. The second-order valence-electron chi connectivity index (χ2n) is 4.74. The Bertz CT molecular complexity index is 672. The Morgan fingerprint density at radius 2 is 2.23 bits per heavy atom. The van der Waals surface area contributed by atoms with Crippen molar-refractivity contribution >= 4 is 12.0 Å². The van der Waals surface area contributed by atoms with E-state index in [0.29, 0.717) is 5.56 Å². The topological polar surface area (TPSA) is 51.2 Å². The first-order chi connectivity index (χ1) is 10.6. The van der Waals surface area contributed by atoms with Crippen LogP contribution in [-0.2, 0) is 4.79 Å². The van der Waals surface area contributed by atoms with Gasteiger partial charge in [-0.3, -0.25) is 9.78 Å². The van der Waals surface area contributed by atoms with E-state index in [-0.39, 0.29) is 17.7 Å². The fraction of sp³-hybridized carbons (Fsp3) is 0.176. The SMILES string of the molecule is COc1ccc([C@@H](C)NC(=O)/C=C\c2cccnc2)cc1F. The summed E-state index contributed by atoms with van der Waals surface area (Å²) in [4.78, 5) is 15.8. The summed E-state index contributed by atoms with van der Waals surface area (Å²) in [7, 11) is 1.41. The minimum Gasteiger partial charge on any atom is -0.494 e. The van der Waals surface area contributed by atoms with E-state index < -0.39 is 5.82 Å². The lowest BCUT2D eigenvalue weighted by molar-refractivity contribution is -0.117. The summed E-state index contributed by atoms with van der Waals surface area (Å²) in [6, 6.07) is 7.94. The fourth-order valence-electron chi connectivity index (χ4n) is 1.94. The van der Waals surface area contributed by atoms with Crippen LogP contribution in [0, 0.1) is 5.82 Å². The molecule has 5 heteroatoms. The molecule has 0 fully saturated rings. The number of methoxy groups -OCH3 is 1. The number of rotatable bonds is 5. The van der Waals surface area contributed by atoms with Gasteiger partial charge in [-0.1, -0.05) is 12.1 Å². The van der Waals surface area contributed by atoms with Crippen molar-refractivity contribution in [3.63, 3.8) is 0 Å². The summed E-state index contributed by atoms with van der Waals surface area (Å²) in [5.74, 6) is -0.529. The van der Waals surface area contributed by atoms with Crippen LogP contribution >= 0.6 is 0 Å². The molecular formula is C17H17FN2O2.